The van der Waals surface area contributed by atoms with Gasteiger partial charge in [0.2, 0.25) is 5.91 Å². The number of aliphatic imine (C=N–C) groups is 1. The summed E-state index contributed by atoms with van der Waals surface area (Å²) in [5.74, 6) is 0.0546. The van der Waals surface area contributed by atoms with Crippen LogP contribution in [0.15, 0.2) is 47.7 Å². The quantitative estimate of drug-likeness (QED) is 0.850. The van der Waals surface area contributed by atoms with E-state index in [1.54, 1.807) is 19.2 Å². The first-order valence-electron chi connectivity index (χ1n) is 10.5. The highest BCUT2D eigenvalue weighted by molar-refractivity contribution is 6.10. The molecular weight excluding hydrogens is 376 g/mol. The second-order valence-corrected chi connectivity index (χ2v) is 7.84. The first-order valence-corrected chi connectivity index (χ1v) is 10.5. The Labute approximate surface area is 177 Å². The van der Waals surface area contributed by atoms with Crippen LogP contribution < -0.4 is 5.73 Å². The fourth-order valence-corrected chi connectivity index (χ4v) is 4.22. The normalized spacial score (nSPS) is 21.1. The highest BCUT2D eigenvalue weighted by Crippen LogP contribution is 2.29. The van der Waals surface area contributed by atoms with E-state index < -0.39 is 0 Å². The molecular formula is C24H28N4O2. The van der Waals surface area contributed by atoms with Crippen LogP contribution in [0.3, 0.4) is 0 Å². The van der Waals surface area contributed by atoms with Crippen LogP contribution in [0, 0.1) is 0 Å². The summed E-state index contributed by atoms with van der Waals surface area (Å²) in [6.07, 6.45) is 8.01. The summed E-state index contributed by atoms with van der Waals surface area (Å²) in [6, 6.07) is 6.31. The molecule has 0 spiro atoms. The lowest BCUT2D eigenvalue weighted by Gasteiger charge is -2.31. The Morgan fingerprint density at radius 1 is 1.30 bits per heavy atom. The Morgan fingerprint density at radius 3 is 2.83 bits per heavy atom. The molecule has 0 unspecified atom stereocenters. The van der Waals surface area contributed by atoms with Gasteiger partial charge >= 0.3 is 0 Å². The molecule has 0 atom stereocenters. The largest absolute Gasteiger partial charge is 0.398 e. The van der Waals surface area contributed by atoms with Crippen LogP contribution in [0.5, 0.6) is 0 Å². The van der Waals surface area contributed by atoms with Crippen LogP contribution in [-0.4, -0.2) is 53.8 Å². The molecule has 2 N–H and O–H groups in total. The second-order valence-electron chi connectivity index (χ2n) is 7.84. The van der Waals surface area contributed by atoms with Crippen LogP contribution in [-0.2, 0) is 9.53 Å². The molecule has 0 aliphatic carbocycles. The summed E-state index contributed by atoms with van der Waals surface area (Å²) < 4.78 is 5.48. The van der Waals surface area contributed by atoms with E-state index in [0.717, 1.165) is 59.2 Å². The molecule has 4 rings (SSSR count). The molecule has 1 amide bonds. The van der Waals surface area contributed by atoms with Gasteiger partial charge in [0.05, 0.1) is 6.04 Å². The zero-order chi connectivity index (χ0) is 21.1. The van der Waals surface area contributed by atoms with Crippen molar-refractivity contribution in [2.24, 2.45) is 10.7 Å². The summed E-state index contributed by atoms with van der Waals surface area (Å²) >= 11 is 0. The number of carbonyl (C=O) groups is 1. The minimum Gasteiger partial charge on any atom is -0.398 e. The maximum atomic E-state index is 12.1. The van der Waals surface area contributed by atoms with Crippen molar-refractivity contribution in [1.29, 1.82) is 0 Å². The molecule has 2 aliphatic rings. The van der Waals surface area contributed by atoms with Gasteiger partial charge in [0.25, 0.3) is 0 Å². The summed E-state index contributed by atoms with van der Waals surface area (Å²) in [5, 5.41) is 2.04. The van der Waals surface area contributed by atoms with Crippen molar-refractivity contribution < 1.29 is 9.53 Å². The third-order valence-electron chi connectivity index (χ3n) is 5.96. The van der Waals surface area contributed by atoms with Gasteiger partial charge in [0, 0.05) is 85.5 Å². The Bertz CT molecular complexity index is 1030. The average molecular weight is 405 g/mol. The molecule has 2 aliphatic heterocycles. The number of fused-ring (bicyclic) bond motifs is 1. The number of nitrogens with zero attached hydrogens (tertiary/aromatic N) is 3. The number of aromatic nitrogens is 1. The number of nitrogens with two attached hydrogens (primary N) is 1. The van der Waals surface area contributed by atoms with Gasteiger partial charge in [0.1, 0.15) is 0 Å². The van der Waals surface area contributed by atoms with E-state index in [-0.39, 0.29) is 11.9 Å². The average Bonchev–Trinajstić information content (AvgIpc) is 2.78. The number of carbonyl (C=O) groups excluding carboxylic acids is 1. The molecule has 1 aromatic carbocycles. The number of rotatable bonds is 3. The highest BCUT2D eigenvalue weighted by Gasteiger charge is 2.26. The molecule has 0 radical (unpaired) electrons. The number of amides is 1. The first kappa shape index (κ1) is 20.3. The molecule has 30 heavy (non-hydrogen) atoms. The van der Waals surface area contributed by atoms with Crippen molar-refractivity contribution >= 4 is 34.2 Å². The lowest BCUT2D eigenvalue weighted by Crippen LogP contribution is -2.40. The van der Waals surface area contributed by atoms with Gasteiger partial charge in [-0.1, -0.05) is 30.9 Å². The van der Waals surface area contributed by atoms with E-state index in [0.29, 0.717) is 25.2 Å². The molecule has 2 saturated heterocycles. The molecule has 2 aromatic rings. The number of likely N-dealkylation sites (tertiary alicyclic amines) is 1. The van der Waals surface area contributed by atoms with Crippen molar-refractivity contribution in [1.82, 2.24) is 9.88 Å². The molecule has 6 nitrogen and oxygen atoms in total. The van der Waals surface area contributed by atoms with Crippen LogP contribution in [0.1, 0.15) is 37.3 Å². The predicted octanol–water partition coefficient (Wildman–Crippen LogP) is 3.42. The molecule has 6 heteroatoms. The van der Waals surface area contributed by atoms with Gasteiger partial charge in [0.15, 0.2) is 0 Å². The van der Waals surface area contributed by atoms with Crippen molar-refractivity contribution in [3.05, 3.63) is 53.9 Å². The van der Waals surface area contributed by atoms with E-state index in [4.69, 9.17) is 15.5 Å². The van der Waals surface area contributed by atoms with Gasteiger partial charge in [-0.05, 0) is 18.2 Å². The number of hydrogen-bond acceptors (Lipinski definition) is 5. The molecule has 2 fully saturated rings. The van der Waals surface area contributed by atoms with Crippen LogP contribution >= 0.6 is 0 Å². The Balaban J connectivity index is 1.83. The minimum absolute atomic E-state index is 0.0546. The number of hydrogen-bond donors (Lipinski definition) is 1. The van der Waals surface area contributed by atoms with Crippen molar-refractivity contribution in [2.75, 3.05) is 26.3 Å². The summed E-state index contributed by atoms with van der Waals surface area (Å²) in [5.41, 5.74) is 11.3. The molecule has 0 saturated carbocycles. The lowest BCUT2D eigenvalue weighted by molar-refractivity contribution is -0.128. The van der Waals surface area contributed by atoms with Crippen molar-refractivity contribution in [3.8, 4) is 0 Å². The molecule has 0 bridgehead atoms. The Hall–Kier alpha value is -2.99. The van der Waals surface area contributed by atoms with E-state index in [1.165, 1.54) is 0 Å². The molecule has 3 heterocycles. The standard InChI is InChI=1S/C24H28N4O2/c1-3-17-13-26-14-21-19(17)5-4-6-20(21)24(25)22-15-28(16(2)29)10-7-23(22)27-18-8-11-30-12-9-18/h3-6,13-14,18H,1,7-12,15,25H2,2H3. The van der Waals surface area contributed by atoms with E-state index >= 15 is 0 Å². The van der Waals surface area contributed by atoms with Crippen molar-refractivity contribution in [3.63, 3.8) is 0 Å². The van der Waals surface area contributed by atoms with E-state index in [2.05, 4.69) is 17.6 Å². The Morgan fingerprint density at radius 2 is 2.10 bits per heavy atom. The third-order valence-corrected chi connectivity index (χ3v) is 5.96. The summed E-state index contributed by atoms with van der Waals surface area (Å²) in [6.45, 7) is 8.14. The van der Waals surface area contributed by atoms with E-state index in [9.17, 15) is 4.79 Å². The smallest absolute Gasteiger partial charge is 0.219 e. The molecule has 156 valence electrons. The number of ether oxygens (including phenoxy) is 1. The zero-order valence-corrected chi connectivity index (χ0v) is 17.4. The topological polar surface area (TPSA) is 80.8 Å². The first-order chi connectivity index (χ1) is 14.6. The van der Waals surface area contributed by atoms with Crippen LogP contribution in [0.2, 0.25) is 0 Å². The summed E-state index contributed by atoms with van der Waals surface area (Å²) in [4.78, 5) is 23.3. The Kier molecular flexibility index (Phi) is 5.95. The number of benzene rings is 1. The van der Waals surface area contributed by atoms with Gasteiger partial charge in [-0.2, -0.15) is 0 Å². The zero-order valence-electron chi connectivity index (χ0n) is 17.4. The molecule has 1 aromatic heterocycles. The van der Waals surface area contributed by atoms with Gasteiger partial charge < -0.3 is 15.4 Å². The number of piperidine rings is 1. The monoisotopic (exact) mass is 404 g/mol. The van der Waals surface area contributed by atoms with Crippen LogP contribution in [0.4, 0.5) is 0 Å². The van der Waals surface area contributed by atoms with E-state index in [1.807, 2.05) is 23.2 Å². The maximum absolute atomic E-state index is 12.1. The predicted molar refractivity (Wildman–Crippen MR) is 121 cm³/mol. The summed E-state index contributed by atoms with van der Waals surface area (Å²) in [7, 11) is 0. The second kappa shape index (κ2) is 8.79. The highest BCUT2D eigenvalue weighted by atomic mass is 16.5. The third kappa shape index (κ3) is 4.00. The van der Waals surface area contributed by atoms with Gasteiger partial charge in [-0.15, -0.1) is 0 Å². The van der Waals surface area contributed by atoms with Gasteiger partial charge in [-0.3, -0.25) is 14.8 Å². The van der Waals surface area contributed by atoms with Crippen LogP contribution in [0.25, 0.3) is 22.5 Å². The SMILES string of the molecule is C=Cc1cncc2c(C(N)=C3CN(C(C)=O)CCC3=NC3CCOCC3)cccc12. The lowest BCUT2D eigenvalue weighted by atomic mass is 9.93. The maximum Gasteiger partial charge on any atom is 0.219 e. The number of pyridine rings is 1. The minimum atomic E-state index is 0.0546. The van der Waals surface area contributed by atoms with Crippen molar-refractivity contribution in [2.45, 2.75) is 32.2 Å². The fraction of sp³-hybridized carbons (Fsp3) is 0.375. The fourth-order valence-electron chi connectivity index (χ4n) is 4.22. The van der Waals surface area contributed by atoms with Gasteiger partial charge in [-0.25, -0.2) is 0 Å².